The summed E-state index contributed by atoms with van der Waals surface area (Å²) in [5.74, 6) is -0.414. The molecule has 0 saturated heterocycles. The molecule has 0 radical (unpaired) electrons. The number of hydrogen-bond acceptors (Lipinski definition) is 2. The van der Waals surface area contributed by atoms with Crippen LogP contribution in [0.15, 0.2) is 18.2 Å². The molecule has 4 heteroatoms. The van der Waals surface area contributed by atoms with Crippen molar-refractivity contribution in [2.24, 2.45) is 0 Å². The minimum Gasteiger partial charge on any atom is -0.395 e. The highest BCUT2D eigenvalue weighted by molar-refractivity contribution is 6.30. The lowest BCUT2D eigenvalue weighted by molar-refractivity contribution is 0.243. The van der Waals surface area contributed by atoms with E-state index >= 15 is 0 Å². The predicted octanol–water partition coefficient (Wildman–Crippen LogP) is 2.51. The van der Waals surface area contributed by atoms with Crippen molar-refractivity contribution in [3.8, 4) is 0 Å². The van der Waals surface area contributed by atoms with Gasteiger partial charge in [-0.3, -0.25) is 0 Å². The van der Waals surface area contributed by atoms with Gasteiger partial charge in [-0.1, -0.05) is 17.7 Å². The van der Waals surface area contributed by atoms with Crippen molar-refractivity contribution < 1.29 is 9.50 Å². The number of hydrogen-bond donors (Lipinski definition) is 2. The first-order chi connectivity index (χ1) is 7.04. The molecule has 0 aliphatic heterocycles. The molecule has 0 saturated carbocycles. The quantitative estimate of drug-likeness (QED) is 0.835. The standard InChI is InChI=1S/C11H15ClFNO/c1-7(6-15)14-8(2)9-3-4-11(13)10(12)5-9/h3-5,7-8,14-15H,6H2,1-2H3/t7-,8?/m1/s1. The molecule has 0 spiro atoms. The van der Waals surface area contributed by atoms with E-state index in [-0.39, 0.29) is 23.7 Å². The van der Waals surface area contributed by atoms with Crippen LogP contribution in [-0.2, 0) is 0 Å². The molecule has 2 N–H and O–H groups in total. The van der Waals surface area contributed by atoms with Gasteiger partial charge in [0.2, 0.25) is 0 Å². The third-order valence-electron chi connectivity index (χ3n) is 2.25. The maximum Gasteiger partial charge on any atom is 0.141 e. The number of rotatable bonds is 4. The molecule has 2 atom stereocenters. The third kappa shape index (κ3) is 3.45. The molecule has 84 valence electrons. The van der Waals surface area contributed by atoms with Crippen molar-refractivity contribution >= 4 is 11.6 Å². The summed E-state index contributed by atoms with van der Waals surface area (Å²) < 4.78 is 12.9. The zero-order valence-corrected chi connectivity index (χ0v) is 9.55. The summed E-state index contributed by atoms with van der Waals surface area (Å²) in [5, 5.41) is 12.2. The molecule has 0 aliphatic rings. The van der Waals surface area contributed by atoms with E-state index in [0.717, 1.165) is 5.56 Å². The predicted molar refractivity (Wildman–Crippen MR) is 59.5 cm³/mol. The molecular formula is C11H15ClFNO. The van der Waals surface area contributed by atoms with Crippen LogP contribution in [0, 0.1) is 5.82 Å². The van der Waals surface area contributed by atoms with Gasteiger partial charge >= 0.3 is 0 Å². The topological polar surface area (TPSA) is 32.3 Å². The van der Waals surface area contributed by atoms with Crippen LogP contribution in [0.4, 0.5) is 4.39 Å². The highest BCUT2D eigenvalue weighted by Gasteiger charge is 2.10. The van der Waals surface area contributed by atoms with Gasteiger partial charge in [0.05, 0.1) is 11.6 Å². The fourth-order valence-corrected chi connectivity index (χ4v) is 1.55. The zero-order chi connectivity index (χ0) is 11.4. The summed E-state index contributed by atoms with van der Waals surface area (Å²) in [6.45, 7) is 3.89. The lowest BCUT2D eigenvalue weighted by Crippen LogP contribution is -2.31. The van der Waals surface area contributed by atoms with Crippen LogP contribution in [0.1, 0.15) is 25.5 Å². The number of nitrogens with one attached hydrogen (secondary N) is 1. The zero-order valence-electron chi connectivity index (χ0n) is 8.80. The third-order valence-corrected chi connectivity index (χ3v) is 2.54. The monoisotopic (exact) mass is 231 g/mol. The van der Waals surface area contributed by atoms with Crippen molar-refractivity contribution in [2.75, 3.05) is 6.61 Å². The number of aliphatic hydroxyl groups is 1. The summed E-state index contributed by atoms with van der Waals surface area (Å²) in [6.07, 6.45) is 0. The second-order valence-corrected chi connectivity index (χ2v) is 4.05. The van der Waals surface area contributed by atoms with E-state index in [9.17, 15) is 4.39 Å². The first-order valence-electron chi connectivity index (χ1n) is 4.86. The van der Waals surface area contributed by atoms with Gasteiger partial charge in [0.15, 0.2) is 0 Å². The van der Waals surface area contributed by atoms with E-state index in [2.05, 4.69) is 5.32 Å². The lowest BCUT2D eigenvalue weighted by Gasteiger charge is -2.18. The molecule has 15 heavy (non-hydrogen) atoms. The highest BCUT2D eigenvalue weighted by atomic mass is 35.5. The fraction of sp³-hybridized carbons (Fsp3) is 0.455. The Bertz CT molecular complexity index is 332. The van der Waals surface area contributed by atoms with E-state index in [4.69, 9.17) is 16.7 Å². The summed E-state index contributed by atoms with van der Waals surface area (Å²) in [7, 11) is 0. The van der Waals surface area contributed by atoms with Gasteiger partial charge < -0.3 is 10.4 Å². The molecule has 0 bridgehead atoms. The van der Waals surface area contributed by atoms with Gasteiger partial charge in [0.25, 0.3) is 0 Å². The Balaban J connectivity index is 2.73. The van der Waals surface area contributed by atoms with Crippen molar-refractivity contribution in [2.45, 2.75) is 25.9 Å². The van der Waals surface area contributed by atoms with Crippen LogP contribution >= 0.6 is 11.6 Å². The fourth-order valence-electron chi connectivity index (χ4n) is 1.36. The van der Waals surface area contributed by atoms with Gasteiger partial charge in [0.1, 0.15) is 5.82 Å². The largest absolute Gasteiger partial charge is 0.395 e. The minimum absolute atomic E-state index is 0.00354. The first-order valence-corrected chi connectivity index (χ1v) is 5.24. The molecule has 1 rings (SSSR count). The molecule has 0 amide bonds. The van der Waals surface area contributed by atoms with Gasteiger partial charge in [-0.15, -0.1) is 0 Å². The van der Waals surface area contributed by atoms with Crippen molar-refractivity contribution in [1.82, 2.24) is 5.32 Å². The molecule has 0 heterocycles. The molecular weight excluding hydrogens is 217 g/mol. The van der Waals surface area contributed by atoms with Crippen LogP contribution < -0.4 is 5.32 Å². The molecule has 1 unspecified atom stereocenters. The lowest BCUT2D eigenvalue weighted by atomic mass is 10.1. The van der Waals surface area contributed by atoms with E-state index in [0.29, 0.717) is 0 Å². The number of aliphatic hydroxyl groups excluding tert-OH is 1. The van der Waals surface area contributed by atoms with Crippen molar-refractivity contribution in [3.05, 3.63) is 34.6 Å². The normalized spacial score (nSPS) is 15.0. The molecule has 0 aliphatic carbocycles. The van der Waals surface area contributed by atoms with Crippen LogP contribution in [0.5, 0.6) is 0 Å². The summed E-state index contributed by atoms with van der Waals surface area (Å²) >= 11 is 5.68. The Hall–Kier alpha value is -0.640. The SMILES string of the molecule is CC(N[C@H](C)CO)c1ccc(F)c(Cl)c1. The average Bonchev–Trinajstić information content (AvgIpc) is 2.21. The number of halogens is 2. The highest BCUT2D eigenvalue weighted by Crippen LogP contribution is 2.20. The molecule has 0 aromatic heterocycles. The Labute approximate surface area is 94.1 Å². The second kappa shape index (κ2) is 5.45. The maximum atomic E-state index is 12.9. The maximum absolute atomic E-state index is 12.9. The van der Waals surface area contributed by atoms with E-state index in [1.807, 2.05) is 13.8 Å². The summed E-state index contributed by atoms with van der Waals surface area (Å²) in [6, 6.07) is 4.66. The average molecular weight is 232 g/mol. The van der Waals surface area contributed by atoms with Crippen LogP contribution in [0.3, 0.4) is 0 Å². The Morgan fingerprint density at radius 3 is 2.67 bits per heavy atom. The van der Waals surface area contributed by atoms with Crippen LogP contribution in [0.2, 0.25) is 5.02 Å². The van der Waals surface area contributed by atoms with E-state index in [1.54, 1.807) is 12.1 Å². The minimum atomic E-state index is -0.414. The van der Waals surface area contributed by atoms with Gasteiger partial charge in [-0.2, -0.15) is 0 Å². The Morgan fingerprint density at radius 2 is 2.13 bits per heavy atom. The van der Waals surface area contributed by atoms with Gasteiger partial charge in [-0.05, 0) is 31.5 Å². The van der Waals surface area contributed by atoms with Crippen LogP contribution in [0.25, 0.3) is 0 Å². The van der Waals surface area contributed by atoms with Crippen molar-refractivity contribution in [1.29, 1.82) is 0 Å². The summed E-state index contributed by atoms with van der Waals surface area (Å²) in [4.78, 5) is 0. The van der Waals surface area contributed by atoms with E-state index < -0.39 is 5.82 Å². The van der Waals surface area contributed by atoms with Crippen molar-refractivity contribution in [3.63, 3.8) is 0 Å². The molecule has 1 aromatic carbocycles. The molecule has 2 nitrogen and oxygen atoms in total. The van der Waals surface area contributed by atoms with E-state index in [1.165, 1.54) is 6.07 Å². The van der Waals surface area contributed by atoms with Gasteiger partial charge in [0, 0.05) is 12.1 Å². The Morgan fingerprint density at radius 1 is 1.47 bits per heavy atom. The summed E-state index contributed by atoms with van der Waals surface area (Å²) in [5.41, 5.74) is 0.904. The molecule has 1 aromatic rings. The Kier molecular flexibility index (Phi) is 4.51. The molecule has 0 fully saturated rings. The number of benzene rings is 1. The van der Waals surface area contributed by atoms with Crippen LogP contribution in [-0.4, -0.2) is 17.8 Å². The smallest absolute Gasteiger partial charge is 0.141 e. The second-order valence-electron chi connectivity index (χ2n) is 3.65. The van der Waals surface area contributed by atoms with Gasteiger partial charge in [-0.25, -0.2) is 4.39 Å². The first kappa shape index (κ1) is 12.4.